The molecular weight excluding hydrogens is 316 g/mol. The molecule has 0 aliphatic carbocycles. The van der Waals surface area contributed by atoms with Crippen LogP contribution in [0.25, 0.3) is 15.2 Å². The third-order valence-electron chi connectivity index (χ3n) is 4.32. The average molecular weight is 334 g/mol. The summed E-state index contributed by atoms with van der Waals surface area (Å²) in [6.45, 7) is 2.83. The van der Waals surface area contributed by atoms with E-state index in [0.717, 1.165) is 47.8 Å². The topological polar surface area (TPSA) is 34.7 Å². The Labute approximate surface area is 137 Å². The monoisotopic (exact) mass is 334 g/mol. The number of methoxy groups -OCH3 is 1. The molecule has 1 aromatic carbocycles. The summed E-state index contributed by atoms with van der Waals surface area (Å²) < 4.78 is 11.5. The lowest BCUT2D eigenvalue weighted by Crippen LogP contribution is -2.38. The zero-order valence-electron chi connectivity index (χ0n) is 12.4. The smallest absolute Gasteiger partial charge is 0.216 e. The first-order valence-corrected chi connectivity index (χ1v) is 8.71. The van der Waals surface area contributed by atoms with E-state index in [2.05, 4.69) is 27.5 Å². The molecule has 5 nitrogen and oxygen atoms in total. The maximum Gasteiger partial charge on any atom is 0.216 e. The second-order valence-electron chi connectivity index (χ2n) is 5.66. The highest BCUT2D eigenvalue weighted by Gasteiger charge is 2.20. The van der Waals surface area contributed by atoms with Gasteiger partial charge in [0.1, 0.15) is 0 Å². The van der Waals surface area contributed by atoms with Crippen molar-refractivity contribution in [2.45, 2.75) is 25.6 Å². The van der Waals surface area contributed by atoms with Crippen molar-refractivity contribution in [3.8, 4) is 0 Å². The van der Waals surface area contributed by atoms with Gasteiger partial charge in [0.2, 0.25) is 9.73 Å². The second kappa shape index (κ2) is 5.73. The van der Waals surface area contributed by atoms with Crippen LogP contribution >= 0.6 is 23.6 Å². The average Bonchev–Trinajstić information content (AvgIpc) is 3.05. The summed E-state index contributed by atoms with van der Waals surface area (Å²) in [6, 6.07) is 8.31. The van der Waals surface area contributed by atoms with Gasteiger partial charge in [-0.1, -0.05) is 23.5 Å². The van der Waals surface area contributed by atoms with Crippen molar-refractivity contribution in [1.82, 2.24) is 19.1 Å². The molecule has 116 valence electrons. The minimum Gasteiger partial charge on any atom is -0.381 e. The molecule has 0 bridgehead atoms. The Morgan fingerprint density at radius 3 is 2.86 bits per heavy atom. The summed E-state index contributed by atoms with van der Waals surface area (Å²) >= 11 is 7.33. The number of hydrogen-bond donors (Lipinski definition) is 0. The molecule has 0 spiro atoms. The molecule has 1 fully saturated rings. The third kappa shape index (κ3) is 2.38. The van der Waals surface area contributed by atoms with Crippen LogP contribution in [-0.4, -0.2) is 45.4 Å². The minimum absolute atomic E-state index is 0.402. The first kappa shape index (κ1) is 14.3. The van der Waals surface area contributed by atoms with Gasteiger partial charge in [-0.15, -0.1) is 5.10 Å². The second-order valence-corrected chi connectivity index (χ2v) is 7.04. The molecule has 0 amide bonds. The molecule has 0 atom stereocenters. The van der Waals surface area contributed by atoms with E-state index in [-0.39, 0.29) is 0 Å². The molecule has 0 unspecified atom stereocenters. The fraction of sp³-hybridized carbons (Fsp3) is 0.467. The molecule has 2 aromatic heterocycles. The van der Waals surface area contributed by atoms with Gasteiger partial charge in [-0.05, 0) is 37.2 Å². The zero-order chi connectivity index (χ0) is 15.1. The molecule has 1 saturated heterocycles. The summed E-state index contributed by atoms with van der Waals surface area (Å²) in [5.41, 5.74) is 1.15. The van der Waals surface area contributed by atoms with Crippen LogP contribution in [0, 0.1) is 4.77 Å². The number of rotatable bonds is 3. The summed E-state index contributed by atoms with van der Waals surface area (Å²) in [6.07, 6.45) is 2.56. The van der Waals surface area contributed by atoms with Crippen LogP contribution in [0.2, 0.25) is 0 Å². The Bertz CT molecular complexity index is 857. The van der Waals surface area contributed by atoms with Gasteiger partial charge in [0.15, 0.2) is 0 Å². The molecule has 0 saturated carbocycles. The van der Waals surface area contributed by atoms with E-state index < -0.39 is 0 Å². The standard InChI is InChI=1S/C15H18N4OS2/c1-20-11-6-8-17(9-7-11)10-18-15(21)19-12-4-2-3-5-13(12)22-14(19)16-18/h2-5,11H,6-10H2,1H3. The minimum atomic E-state index is 0.402. The Morgan fingerprint density at radius 1 is 1.32 bits per heavy atom. The van der Waals surface area contributed by atoms with E-state index in [1.165, 1.54) is 4.70 Å². The summed E-state index contributed by atoms with van der Waals surface area (Å²) in [5, 5.41) is 4.70. The maximum atomic E-state index is 5.64. The van der Waals surface area contributed by atoms with E-state index >= 15 is 0 Å². The fourth-order valence-electron chi connectivity index (χ4n) is 3.05. The number of benzene rings is 1. The van der Waals surface area contributed by atoms with Gasteiger partial charge in [0.05, 0.1) is 23.0 Å². The number of likely N-dealkylation sites (tertiary alicyclic amines) is 1. The molecule has 22 heavy (non-hydrogen) atoms. The quantitative estimate of drug-likeness (QED) is 0.689. The van der Waals surface area contributed by atoms with Crippen molar-refractivity contribution in [3.63, 3.8) is 0 Å². The maximum absolute atomic E-state index is 5.64. The van der Waals surface area contributed by atoms with Crippen LogP contribution in [0.3, 0.4) is 0 Å². The molecule has 4 rings (SSSR count). The Morgan fingerprint density at radius 2 is 2.09 bits per heavy atom. The first-order valence-electron chi connectivity index (χ1n) is 7.48. The van der Waals surface area contributed by atoms with Crippen LogP contribution < -0.4 is 0 Å². The van der Waals surface area contributed by atoms with Crippen molar-refractivity contribution in [2.24, 2.45) is 0 Å². The highest BCUT2D eigenvalue weighted by molar-refractivity contribution is 7.71. The van der Waals surface area contributed by atoms with Crippen LogP contribution in [0.4, 0.5) is 0 Å². The van der Waals surface area contributed by atoms with Gasteiger partial charge in [-0.2, -0.15) is 0 Å². The number of ether oxygens (including phenoxy) is 1. The summed E-state index contributed by atoms with van der Waals surface area (Å²) in [4.78, 5) is 3.36. The fourth-order valence-corrected chi connectivity index (χ4v) is 4.42. The van der Waals surface area contributed by atoms with E-state index in [1.54, 1.807) is 18.4 Å². The molecule has 0 N–H and O–H groups in total. The van der Waals surface area contributed by atoms with Gasteiger partial charge >= 0.3 is 0 Å². The molecule has 7 heteroatoms. The summed E-state index contributed by atoms with van der Waals surface area (Å²) in [5.74, 6) is 0. The number of piperidine rings is 1. The van der Waals surface area contributed by atoms with Gasteiger partial charge in [0, 0.05) is 20.2 Å². The zero-order valence-corrected chi connectivity index (χ0v) is 14.1. The normalized spacial score (nSPS) is 17.7. The van der Waals surface area contributed by atoms with Gasteiger partial charge < -0.3 is 4.74 Å². The van der Waals surface area contributed by atoms with Crippen LogP contribution in [0.5, 0.6) is 0 Å². The van der Waals surface area contributed by atoms with Gasteiger partial charge in [-0.25, -0.2) is 4.68 Å². The number of aromatic nitrogens is 3. The van der Waals surface area contributed by atoms with Crippen molar-refractivity contribution in [1.29, 1.82) is 0 Å². The lowest BCUT2D eigenvalue weighted by atomic mass is 10.1. The predicted molar refractivity (Wildman–Crippen MR) is 91.0 cm³/mol. The van der Waals surface area contributed by atoms with Crippen molar-refractivity contribution in [3.05, 3.63) is 29.0 Å². The van der Waals surface area contributed by atoms with E-state index in [9.17, 15) is 0 Å². The Hall–Kier alpha value is -1.28. The first-order chi connectivity index (χ1) is 10.8. The highest BCUT2D eigenvalue weighted by atomic mass is 32.1. The number of para-hydroxylation sites is 1. The lowest BCUT2D eigenvalue weighted by molar-refractivity contribution is 0.0302. The number of thiazole rings is 1. The van der Waals surface area contributed by atoms with Crippen LogP contribution in [-0.2, 0) is 11.4 Å². The van der Waals surface area contributed by atoms with Crippen LogP contribution in [0.1, 0.15) is 12.8 Å². The third-order valence-corrected chi connectivity index (χ3v) is 5.72. The molecule has 1 aliphatic heterocycles. The van der Waals surface area contributed by atoms with Gasteiger partial charge in [0.25, 0.3) is 0 Å². The molecule has 0 radical (unpaired) electrons. The highest BCUT2D eigenvalue weighted by Crippen LogP contribution is 2.26. The van der Waals surface area contributed by atoms with Crippen molar-refractivity contribution >= 4 is 38.7 Å². The van der Waals surface area contributed by atoms with E-state index in [1.807, 2.05) is 10.7 Å². The van der Waals surface area contributed by atoms with Crippen LogP contribution in [0.15, 0.2) is 24.3 Å². The number of nitrogens with zero attached hydrogens (tertiary/aromatic N) is 4. The molecule has 3 aromatic rings. The lowest BCUT2D eigenvalue weighted by Gasteiger charge is -2.30. The van der Waals surface area contributed by atoms with Gasteiger partial charge in [-0.3, -0.25) is 9.30 Å². The molecule has 3 heterocycles. The summed E-state index contributed by atoms with van der Waals surface area (Å²) in [7, 11) is 1.80. The van der Waals surface area contributed by atoms with E-state index in [4.69, 9.17) is 22.1 Å². The molecular formula is C15H18N4OS2. The predicted octanol–water partition coefficient (Wildman–Crippen LogP) is 3.15. The Balaban J connectivity index is 1.63. The van der Waals surface area contributed by atoms with Crippen molar-refractivity contribution < 1.29 is 4.74 Å². The number of hydrogen-bond acceptors (Lipinski definition) is 5. The van der Waals surface area contributed by atoms with E-state index in [0.29, 0.717) is 6.10 Å². The number of fused-ring (bicyclic) bond motifs is 3. The SMILES string of the molecule is COC1CCN(Cn2nc3sc4ccccc4n3c2=S)CC1. The molecule has 1 aliphatic rings. The Kier molecular flexibility index (Phi) is 3.73. The van der Waals surface area contributed by atoms with Crippen molar-refractivity contribution in [2.75, 3.05) is 20.2 Å². The largest absolute Gasteiger partial charge is 0.381 e.